The molecule has 96 valence electrons. The average molecular weight is 282 g/mol. The molecule has 1 heterocycles. The SMILES string of the molecule is CS(=O)(=O)OCCc1ccccc1-c1cccs1. The van der Waals surface area contributed by atoms with Gasteiger partial charge in [-0.25, -0.2) is 0 Å². The summed E-state index contributed by atoms with van der Waals surface area (Å²) >= 11 is 1.67. The van der Waals surface area contributed by atoms with Crippen molar-refractivity contribution in [1.29, 1.82) is 0 Å². The smallest absolute Gasteiger partial charge is 0.264 e. The molecule has 0 aliphatic rings. The van der Waals surface area contributed by atoms with Crippen LogP contribution in [0.15, 0.2) is 41.8 Å². The van der Waals surface area contributed by atoms with E-state index in [0.29, 0.717) is 6.42 Å². The van der Waals surface area contributed by atoms with Crippen LogP contribution in [-0.2, 0) is 20.7 Å². The van der Waals surface area contributed by atoms with E-state index in [2.05, 4.69) is 6.07 Å². The summed E-state index contributed by atoms with van der Waals surface area (Å²) in [6, 6.07) is 12.0. The van der Waals surface area contributed by atoms with Crippen molar-refractivity contribution in [3.05, 3.63) is 47.3 Å². The Balaban J connectivity index is 2.14. The van der Waals surface area contributed by atoms with Crippen LogP contribution >= 0.6 is 11.3 Å². The minimum absolute atomic E-state index is 0.182. The predicted octanol–water partition coefficient (Wildman–Crippen LogP) is 2.93. The molecule has 0 saturated carbocycles. The Morgan fingerprint density at radius 2 is 1.94 bits per heavy atom. The van der Waals surface area contributed by atoms with E-state index >= 15 is 0 Å². The van der Waals surface area contributed by atoms with Gasteiger partial charge in [-0.3, -0.25) is 4.18 Å². The normalized spacial score (nSPS) is 11.6. The van der Waals surface area contributed by atoms with Crippen molar-refractivity contribution in [3.8, 4) is 10.4 Å². The zero-order valence-electron chi connectivity index (χ0n) is 10.00. The van der Waals surface area contributed by atoms with Crippen LogP contribution < -0.4 is 0 Å². The Hall–Kier alpha value is -1.17. The molecule has 0 unspecified atom stereocenters. The molecule has 0 fully saturated rings. The van der Waals surface area contributed by atoms with Crippen molar-refractivity contribution in [2.75, 3.05) is 12.9 Å². The first-order chi connectivity index (χ1) is 8.56. The lowest BCUT2D eigenvalue weighted by atomic mass is 10.0. The van der Waals surface area contributed by atoms with Gasteiger partial charge < -0.3 is 0 Å². The van der Waals surface area contributed by atoms with Crippen molar-refractivity contribution in [2.24, 2.45) is 0 Å². The lowest BCUT2D eigenvalue weighted by Gasteiger charge is -2.07. The van der Waals surface area contributed by atoms with Crippen molar-refractivity contribution in [3.63, 3.8) is 0 Å². The molecule has 2 rings (SSSR count). The molecule has 1 aromatic heterocycles. The Morgan fingerprint density at radius 3 is 2.61 bits per heavy atom. The Bertz CT molecular complexity index is 601. The lowest BCUT2D eigenvalue weighted by Crippen LogP contribution is -2.06. The molecule has 18 heavy (non-hydrogen) atoms. The molecular weight excluding hydrogens is 268 g/mol. The summed E-state index contributed by atoms with van der Waals surface area (Å²) in [4.78, 5) is 1.19. The van der Waals surface area contributed by atoms with Gasteiger partial charge in [0.1, 0.15) is 0 Å². The average Bonchev–Trinajstić information content (AvgIpc) is 2.81. The van der Waals surface area contributed by atoms with E-state index < -0.39 is 10.1 Å². The molecular formula is C13H14O3S2. The Kier molecular flexibility index (Phi) is 4.16. The summed E-state index contributed by atoms with van der Waals surface area (Å²) in [5, 5.41) is 2.03. The molecule has 3 nitrogen and oxygen atoms in total. The van der Waals surface area contributed by atoms with Crippen LogP contribution in [0.4, 0.5) is 0 Å². The van der Waals surface area contributed by atoms with Gasteiger partial charge in [-0.05, 0) is 29.0 Å². The van der Waals surface area contributed by atoms with Gasteiger partial charge in [-0.1, -0.05) is 30.3 Å². The third-order valence-corrected chi connectivity index (χ3v) is 3.97. The Labute approximate surface area is 111 Å². The fraction of sp³-hybridized carbons (Fsp3) is 0.231. The van der Waals surface area contributed by atoms with E-state index in [1.165, 1.54) is 4.88 Å². The summed E-state index contributed by atoms with van der Waals surface area (Å²) in [7, 11) is -3.36. The monoisotopic (exact) mass is 282 g/mol. The lowest BCUT2D eigenvalue weighted by molar-refractivity contribution is 0.326. The van der Waals surface area contributed by atoms with Crippen molar-refractivity contribution in [2.45, 2.75) is 6.42 Å². The van der Waals surface area contributed by atoms with Gasteiger partial charge in [-0.2, -0.15) is 8.42 Å². The molecule has 0 saturated heterocycles. The summed E-state index contributed by atoms with van der Waals surface area (Å²) in [5.74, 6) is 0. The highest BCUT2D eigenvalue weighted by Crippen LogP contribution is 2.28. The largest absolute Gasteiger partial charge is 0.270 e. The molecule has 0 bridgehead atoms. The van der Waals surface area contributed by atoms with Gasteiger partial charge in [0.05, 0.1) is 12.9 Å². The molecule has 0 spiro atoms. The molecule has 5 heteroatoms. The first kappa shape index (κ1) is 13.3. The summed E-state index contributed by atoms with van der Waals surface area (Å²) in [5.41, 5.74) is 2.24. The van der Waals surface area contributed by atoms with Crippen molar-refractivity contribution < 1.29 is 12.6 Å². The van der Waals surface area contributed by atoms with E-state index in [-0.39, 0.29) is 6.61 Å². The van der Waals surface area contributed by atoms with Crippen molar-refractivity contribution >= 4 is 21.5 Å². The van der Waals surface area contributed by atoms with E-state index in [1.807, 2.05) is 35.7 Å². The first-order valence-electron chi connectivity index (χ1n) is 5.52. The van der Waals surface area contributed by atoms with Gasteiger partial charge in [0.15, 0.2) is 0 Å². The molecule has 0 aliphatic heterocycles. The predicted molar refractivity (Wildman–Crippen MR) is 74.3 cm³/mol. The third kappa shape index (κ3) is 3.66. The van der Waals surface area contributed by atoms with Crippen LogP contribution in [0.3, 0.4) is 0 Å². The molecule has 1 aromatic carbocycles. The molecule has 0 radical (unpaired) electrons. The van der Waals surface area contributed by atoms with Gasteiger partial charge in [-0.15, -0.1) is 11.3 Å². The summed E-state index contributed by atoms with van der Waals surface area (Å²) < 4.78 is 26.6. The first-order valence-corrected chi connectivity index (χ1v) is 8.22. The standard InChI is InChI=1S/C13H14O3S2/c1-18(14,15)16-9-8-11-5-2-3-6-12(11)13-7-4-10-17-13/h2-7,10H,8-9H2,1H3. The van der Waals surface area contributed by atoms with E-state index in [1.54, 1.807) is 11.3 Å². The number of hydrogen-bond donors (Lipinski definition) is 0. The van der Waals surface area contributed by atoms with Crippen LogP contribution in [0.5, 0.6) is 0 Å². The van der Waals surface area contributed by atoms with Gasteiger partial charge in [0.25, 0.3) is 10.1 Å². The molecule has 0 aliphatic carbocycles. The Morgan fingerprint density at radius 1 is 1.17 bits per heavy atom. The highest BCUT2D eigenvalue weighted by Gasteiger charge is 2.07. The number of benzene rings is 1. The maximum absolute atomic E-state index is 10.9. The topological polar surface area (TPSA) is 43.4 Å². The van der Waals surface area contributed by atoms with Crippen LogP contribution in [0.25, 0.3) is 10.4 Å². The molecule has 0 amide bonds. The quantitative estimate of drug-likeness (QED) is 0.792. The highest BCUT2D eigenvalue weighted by atomic mass is 32.2. The molecule has 0 N–H and O–H groups in total. The fourth-order valence-corrected chi connectivity index (χ4v) is 2.89. The van der Waals surface area contributed by atoms with E-state index in [9.17, 15) is 8.42 Å². The van der Waals surface area contributed by atoms with Gasteiger partial charge in [0, 0.05) is 4.88 Å². The minimum atomic E-state index is -3.36. The van der Waals surface area contributed by atoms with Crippen LogP contribution in [0.1, 0.15) is 5.56 Å². The maximum atomic E-state index is 10.9. The molecule has 2 aromatic rings. The number of thiophene rings is 1. The van der Waals surface area contributed by atoms with Gasteiger partial charge >= 0.3 is 0 Å². The third-order valence-electron chi connectivity index (χ3n) is 2.47. The maximum Gasteiger partial charge on any atom is 0.264 e. The van der Waals surface area contributed by atoms with Crippen LogP contribution in [0, 0.1) is 0 Å². The fourth-order valence-electron chi connectivity index (χ4n) is 1.71. The number of rotatable bonds is 5. The number of hydrogen-bond acceptors (Lipinski definition) is 4. The zero-order chi connectivity index (χ0) is 13.0. The summed E-state index contributed by atoms with van der Waals surface area (Å²) in [6.45, 7) is 0.182. The molecule has 0 atom stereocenters. The minimum Gasteiger partial charge on any atom is -0.270 e. The van der Waals surface area contributed by atoms with Gasteiger partial charge in [0.2, 0.25) is 0 Å². The van der Waals surface area contributed by atoms with Crippen molar-refractivity contribution in [1.82, 2.24) is 0 Å². The van der Waals surface area contributed by atoms with E-state index in [4.69, 9.17) is 4.18 Å². The second-order valence-electron chi connectivity index (χ2n) is 3.91. The summed E-state index contributed by atoms with van der Waals surface area (Å²) in [6.07, 6.45) is 1.65. The van der Waals surface area contributed by atoms with Crippen LogP contribution in [-0.4, -0.2) is 21.3 Å². The second-order valence-corrected chi connectivity index (χ2v) is 6.50. The van der Waals surface area contributed by atoms with Crippen LogP contribution in [0.2, 0.25) is 0 Å². The second kappa shape index (κ2) is 5.65. The highest BCUT2D eigenvalue weighted by molar-refractivity contribution is 7.85. The van der Waals surface area contributed by atoms with E-state index in [0.717, 1.165) is 17.4 Å². The zero-order valence-corrected chi connectivity index (χ0v) is 11.6.